The quantitative estimate of drug-likeness (QED) is 0.258. The fraction of sp³-hybridized carbons (Fsp3) is 0.0400. The highest BCUT2D eigenvalue weighted by Crippen LogP contribution is 2.41. The largest absolute Gasteiger partial charge is 0.497 e. The van der Waals surface area contributed by atoms with Crippen molar-refractivity contribution in [3.05, 3.63) is 89.0 Å². The molecule has 0 radical (unpaired) electrons. The van der Waals surface area contributed by atoms with Crippen LogP contribution in [-0.2, 0) is 0 Å². The van der Waals surface area contributed by atoms with Crippen molar-refractivity contribution >= 4 is 43.8 Å². The highest BCUT2D eigenvalue weighted by atomic mass is 16.6. The maximum Gasteiger partial charge on any atom is 0.280 e. The Labute approximate surface area is 171 Å². The molecule has 6 rings (SSSR count). The van der Waals surface area contributed by atoms with Crippen LogP contribution in [0, 0.1) is 10.1 Å². The normalized spacial score (nSPS) is 11.8. The van der Waals surface area contributed by atoms with Gasteiger partial charge in [0.1, 0.15) is 5.75 Å². The molecule has 144 valence electrons. The van der Waals surface area contributed by atoms with Gasteiger partial charge in [0.15, 0.2) is 0 Å². The van der Waals surface area contributed by atoms with E-state index in [4.69, 9.17) is 4.74 Å². The fourth-order valence-electron chi connectivity index (χ4n) is 4.63. The van der Waals surface area contributed by atoms with Gasteiger partial charge in [0.05, 0.1) is 40.2 Å². The minimum Gasteiger partial charge on any atom is -0.497 e. The third-order valence-electron chi connectivity index (χ3n) is 5.93. The monoisotopic (exact) mass is 392 g/mol. The average Bonchev–Trinajstić information content (AvgIpc) is 3.30. The summed E-state index contributed by atoms with van der Waals surface area (Å²) in [5.41, 5.74) is 4.89. The van der Waals surface area contributed by atoms with Crippen LogP contribution in [0.25, 0.3) is 49.2 Å². The molecule has 6 aromatic rings. The van der Waals surface area contributed by atoms with Gasteiger partial charge in [-0.25, -0.2) is 0 Å². The van der Waals surface area contributed by atoms with Crippen LogP contribution in [0.1, 0.15) is 0 Å². The van der Waals surface area contributed by atoms with E-state index in [1.807, 2.05) is 6.07 Å². The molecule has 0 N–H and O–H groups in total. The third kappa shape index (κ3) is 2.12. The molecule has 0 unspecified atom stereocenters. The second-order valence-corrected chi connectivity index (χ2v) is 7.43. The van der Waals surface area contributed by atoms with E-state index in [2.05, 4.69) is 59.0 Å². The maximum atomic E-state index is 11.7. The van der Waals surface area contributed by atoms with E-state index in [9.17, 15) is 10.1 Å². The van der Waals surface area contributed by atoms with Gasteiger partial charge in [0.2, 0.25) is 0 Å². The highest BCUT2D eigenvalue weighted by Gasteiger charge is 2.20. The Morgan fingerprint density at radius 3 is 2.33 bits per heavy atom. The summed E-state index contributed by atoms with van der Waals surface area (Å²) in [4.78, 5) is 11.3. The Kier molecular flexibility index (Phi) is 3.33. The summed E-state index contributed by atoms with van der Waals surface area (Å²) in [5.74, 6) is 0.471. The lowest BCUT2D eigenvalue weighted by molar-refractivity contribution is -0.384. The minimum atomic E-state index is -0.358. The van der Waals surface area contributed by atoms with Crippen LogP contribution in [0.2, 0.25) is 0 Å². The van der Waals surface area contributed by atoms with Crippen LogP contribution in [-0.4, -0.2) is 16.4 Å². The van der Waals surface area contributed by atoms with Gasteiger partial charge in [-0.05, 0) is 35.9 Å². The lowest BCUT2D eigenvalue weighted by atomic mass is 10.0. The highest BCUT2D eigenvalue weighted by molar-refractivity contribution is 6.23. The molecular weight excluding hydrogens is 376 g/mol. The van der Waals surface area contributed by atoms with Crippen LogP contribution in [0.5, 0.6) is 5.75 Å². The third-order valence-corrected chi connectivity index (χ3v) is 5.93. The molecule has 0 aliphatic rings. The molecular formula is C25H16N2O3. The molecule has 0 saturated carbocycles. The molecule has 5 nitrogen and oxygen atoms in total. The van der Waals surface area contributed by atoms with Crippen molar-refractivity contribution in [2.24, 2.45) is 0 Å². The number of rotatable bonds is 3. The summed E-state index contributed by atoms with van der Waals surface area (Å²) in [5, 5.41) is 16.4. The number of nitro benzene ring substituents is 1. The Hall–Kier alpha value is -4.12. The standard InChI is InChI=1S/C25H16N2O3/c1-30-16-10-11-17(24(14-16)27(28)29)15-9-12-23-21(13-15)20-7-4-6-19-18-5-2-3-8-22(18)26(23)25(19)20/h2-14H,1H3. The Balaban J connectivity index is 1.70. The predicted molar refractivity (Wildman–Crippen MR) is 120 cm³/mol. The summed E-state index contributed by atoms with van der Waals surface area (Å²) in [6.45, 7) is 0. The molecule has 2 aromatic heterocycles. The van der Waals surface area contributed by atoms with Gasteiger partial charge in [-0.1, -0.05) is 42.5 Å². The molecule has 2 heterocycles. The first-order valence-corrected chi connectivity index (χ1v) is 9.67. The van der Waals surface area contributed by atoms with Crippen molar-refractivity contribution in [1.29, 1.82) is 0 Å². The zero-order valence-corrected chi connectivity index (χ0v) is 16.1. The molecule has 0 aliphatic heterocycles. The number of methoxy groups -OCH3 is 1. The Morgan fingerprint density at radius 2 is 1.53 bits per heavy atom. The summed E-state index contributed by atoms with van der Waals surface area (Å²) in [6.07, 6.45) is 0. The van der Waals surface area contributed by atoms with E-state index in [-0.39, 0.29) is 10.6 Å². The van der Waals surface area contributed by atoms with Gasteiger partial charge in [-0.15, -0.1) is 0 Å². The first-order valence-electron chi connectivity index (χ1n) is 9.67. The van der Waals surface area contributed by atoms with Gasteiger partial charge in [-0.2, -0.15) is 0 Å². The lowest BCUT2D eigenvalue weighted by Crippen LogP contribution is -1.93. The Morgan fingerprint density at radius 1 is 0.800 bits per heavy atom. The van der Waals surface area contributed by atoms with Crippen LogP contribution >= 0.6 is 0 Å². The van der Waals surface area contributed by atoms with Crippen molar-refractivity contribution in [2.45, 2.75) is 0 Å². The van der Waals surface area contributed by atoms with E-state index in [0.717, 1.165) is 21.9 Å². The van der Waals surface area contributed by atoms with Gasteiger partial charge in [0.25, 0.3) is 5.69 Å². The second-order valence-electron chi connectivity index (χ2n) is 7.43. The van der Waals surface area contributed by atoms with E-state index >= 15 is 0 Å². The Bertz CT molecular complexity index is 1610. The van der Waals surface area contributed by atoms with E-state index < -0.39 is 0 Å². The van der Waals surface area contributed by atoms with Crippen LogP contribution < -0.4 is 4.74 Å². The molecule has 0 bridgehead atoms. The van der Waals surface area contributed by atoms with Gasteiger partial charge in [-0.3, -0.25) is 10.1 Å². The summed E-state index contributed by atoms with van der Waals surface area (Å²) in [6, 6.07) is 25.8. The van der Waals surface area contributed by atoms with Gasteiger partial charge >= 0.3 is 0 Å². The SMILES string of the molecule is COc1ccc(-c2ccc3c(c2)c2cccc4c5ccccc5n3c42)c([N+](=O)[O-])c1. The number of hydrogen-bond donors (Lipinski definition) is 0. The zero-order valence-electron chi connectivity index (χ0n) is 16.1. The van der Waals surface area contributed by atoms with Crippen LogP contribution in [0.3, 0.4) is 0 Å². The van der Waals surface area contributed by atoms with E-state index in [1.165, 1.54) is 35.0 Å². The molecule has 0 aliphatic carbocycles. The summed E-state index contributed by atoms with van der Waals surface area (Å²) in [7, 11) is 1.51. The number of nitro groups is 1. The number of para-hydroxylation sites is 2. The number of nitrogens with zero attached hydrogens (tertiary/aromatic N) is 2. The van der Waals surface area contributed by atoms with Crippen LogP contribution in [0.4, 0.5) is 5.69 Å². The number of aromatic nitrogens is 1. The van der Waals surface area contributed by atoms with Crippen molar-refractivity contribution < 1.29 is 9.66 Å². The zero-order chi connectivity index (χ0) is 20.4. The average molecular weight is 392 g/mol. The molecule has 0 atom stereocenters. The van der Waals surface area contributed by atoms with Gasteiger partial charge < -0.3 is 9.14 Å². The van der Waals surface area contributed by atoms with Crippen LogP contribution in [0.15, 0.2) is 78.9 Å². The molecule has 0 amide bonds. The number of ether oxygens (including phenoxy) is 1. The molecule has 0 spiro atoms. The van der Waals surface area contributed by atoms with Gasteiger partial charge in [0, 0.05) is 21.5 Å². The topological polar surface area (TPSA) is 56.8 Å². The van der Waals surface area contributed by atoms with Crippen molar-refractivity contribution in [1.82, 2.24) is 4.40 Å². The molecule has 4 aromatic carbocycles. The number of benzene rings is 4. The molecule has 5 heteroatoms. The number of hydrogen-bond acceptors (Lipinski definition) is 3. The smallest absolute Gasteiger partial charge is 0.280 e. The fourth-order valence-corrected chi connectivity index (χ4v) is 4.63. The number of fused-ring (bicyclic) bond motifs is 6. The second kappa shape index (κ2) is 5.94. The lowest BCUT2D eigenvalue weighted by Gasteiger charge is -2.07. The van der Waals surface area contributed by atoms with Crippen molar-refractivity contribution in [3.8, 4) is 16.9 Å². The maximum absolute atomic E-state index is 11.7. The summed E-state index contributed by atoms with van der Waals surface area (Å²) < 4.78 is 7.47. The first kappa shape index (κ1) is 16.8. The molecule has 30 heavy (non-hydrogen) atoms. The molecule has 0 saturated heterocycles. The minimum absolute atomic E-state index is 0.0376. The predicted octanol–water partition coefficient (Wildman–Crippen LogP) is 6.42. The van der Waals surface area contributed by atoms with E-state index in [1.54, 1.807) is 12.1 Å². The van der Waals surface area contributed by atoms with Crippen molar-refractivity contribution in [3.63, 3.8) is 0 Å². The van der Waals surface area contributed by atoms with E-state index in [0.29, 0.717) is 11.3 Å². The summed E-state index contributed by atoms with van der Waals surface area (Å²) >= 11 is 0. The first-order chi connectivity index (χ1) is 14.7. The van der Waals surface area contributed by atoms with Crippen molar-refractivity contribution in [2.75, 3.05) is 7.11 Å². The molecule has 0 fully saturated rings.